The molecule has 0 aliphatic carbocycles. The molecular weight excluding hydrogens is 335 g/mol. The van der Waals surface area contributed by atoms with Gasteiger partial charge in [-0.3, -0.25) is 9.69 Å². The van der Waals surface area contributed by atoms with Gasteiger partial charge in [0.1, 0.15) is 0 Å². The van der Waals surface area contributed by atoms with Gasteiger partial charge in [0.25, 0.3) is 0 Å². The molecule has 1 atom stereocenters. The predicted molar refractivity (Wildman–Crippen MR) is 88.1 cm³/mol. The van der Waals surface area contributed by atoms with E-state index in [1.807, 2.05) is 0 Å². The average Bonchev–Trinajstić information content (AvgIpc) is 2.60. The topological polar surface area (TPSA) is 53.6 Å². The summed E-state index contributed by atoms with van der Waals surface area (Å²) in [6.45, 7) is 3.44. The van der Waals surface area contributed by atoms with Gasteiger partial charge in [-0.05, 0) is 24.7 Å². The molecule has 25 heavy (non-hydrogen) atoms. The molecule has 1 aliphatic heterocycles. The van der Waals surface area contributed by atoms with Crippen LogP contribution < -0.4 is 10.6 Å². The van der Waals surface area contributed by atoms with Crippen LogP contribution in [-0.4, -0.2) is 57.2 Å². The first-order valence-electron chi connectivity index (χ1n) is 8.32. The lowest BCUT2D eigenvalue weighted by molar-refractivity contribution is -0.137. The maximum absolute atomic E-state index is 12.8. The van der Waals surface area contributed by atoms with Gasteiger partial charge in [0.15, 0.2) is 0 Å². The quantitative estimate of drug-likeness (QED) is 0.780. The second-order valence-corrected chi connectivity index (χ2v) is 5.94. The van der Waals surface area contributed by atoms with E-state index in [1.165, 1.54) is 12.1 Å². The molecule has 0 aromatic heterocycles. The summed E-state index contributed by atoms with van der Waals surface area (Å²) >= 11 is 0. The van der Waals surface area contributed by atoms with Crippen molar-refractivity contribution in [1.29, 1.82) is 0 Å². The normalized spacial score (nSPS) is 17.3. The van der Waals surface area contributed by atoms with Crippen LogP contribution in [-0.2, 0) is 15.7 Å². The van der Waals surface area contributed by atoms with Gasteiger partial charge < -0.3 is 15.4 Å². The van der Waals surface area contributed by atoms with Crippen molar-refractivity contribution in [1.82, 2.24) is 15.5 Å². The first-order valence-corrected chi connectivity index (χ1v) is 8.32. The second kappa shape index (κ2) is 9.17. The Labute approximate surface area is 145 Å². The summed E-state index contributed by atoms with van der Waals surface area (Å²) in [6.07, 6.45) is -3.99. The summed E-state index contributed by atoms with van der Waals surface area (Å²) in [4.78, 5) is 14.0. The molecule has 1 aromatic carbocycles. The minimum Gasteiger partial charge on any atom is -0.379 e. The summed E-state index contributed by atoms with van der Waals surface area (Å²) < 4.78 is 43.6. The molecule has 1 saturated heterocycles. The number of morpholine rings is 1. The summed E-state index contributed by atoms with van der Waals surface area (Å²) in [5, 5.41) is 5.78. The van der Waals surface area contributed by atoms with Gasteiger partial charge in [-0.1, -0.05) is 12.1 Å². The van der Waals surface area contributed by atoms with Crippen LogP contribution >= 0.6 is 0 Å². The number of rotatable bonds is 7. The Hall–Kier alpha value is -1.64. The summed E-state index contributed by atoms with van der Waals surface area (Å²) in [5.74, 6) is -0.0838. The van der Waals surface area contributed by atoms with Crippen LogP contribution in [0, 0.1) is 0 Å². The number of hydrogen-bond donors (Lipinski definition) is 2. The van der Waals surface area contributed by atoms with Crippen LogP contribution in [0.15, 0.2) is 24.3 Å². The number of benzene rings is 1. The maximum atomic E-state index is 12.8. The minimum absolute atomic E-state index is 0.0838. The van der Waals surface area contributed by atoms with Crippen LogP contribution in [0.3, 0.4) is 0 Å². The van der Waals surface area contributed by atoms with Crippen molar-refractivity contribution < 1.29 is 22.7 Å². The van der Waals surface area contributed by atoms with Gasteiger partial charge in [0.2, 0.25) is 5.91 Å². The Morgan fingerprint density at radius 1 is 1.24 bits per heavy atom. The third-order valence-corrected chi connectivity index (χ3v) is 4.20. The molecule has 2 rings (SSSR count). The first kappa shape index (κ1) is 19.7. The molecule has 1 fully saturated rings. The number of nitrogens with zero attached hydrogens (tertiary/aromatic N) is 1. The summed E-state index contributed by atoms with van der Waals surface area (Å²) in [6, 6.07) is 4.98. The average molecular weight is 359 g/mol. The Kier molecular flexibility index (Phi) is 7.22. The fourth-order valence-electron chi connectivity index (χ4n) is 2.78. The smallest absolute Gasteiger partial charge is 0.379 e. The molecule has 0 saturated carbocycles. The molecule has 1 amide bonds. The number of amides is 1. The van der Waals surface area contributed by atoms with E-state index in [0.717, 1.165) is 17.7 Å². The number of carbonyl (C=O) groups excluding carboxylic acids is 1. The van der Waals surface area contributed by atoms with E-state index in [1.54, 1.807) is 7.05 Å². The van der Waals surface area contributed by atoms with Gasteiger partial charge in [0.05, 0.1) is 24.8 Å². The first-order chi connectivity index (χ1) is 11.9. The molecule has 1 aromatic rings. The second-order valence-electron chi connectivity index (χ2n) is 5.94. The van der Waals surface area contributed by atoms with Crippen molar-refractivity contribution in [3.8, 4) is 0 Å². The lowest BCUT2D eigenvalue weighted by Crippen LogP contribution is -2.44. The largest absolute Gasteiger partial charge is 0.416 e. The van der Waals surface area contributed by atoms with Crippen LogP contribution in [0.4, 0.5) is 13.2 Å². The molecule has 2 N–H and O–H groups in total. The van der Waals surface area contributed by atoms with Gasteiger partial charge >= 0.3 is 6.18 Å². The molecule has 0 bridgehead atoms. The van der Waals surface area contributed by atoms with Crippen molar-refractivity contribution in [3.63, 3.8) is 0 Å². The van der Waals surface area contributed by atoms with E-state index in [2.05, 4.69) is 15.5 Å². The third kappa shape index (κ3) is 5.98. The SMILES string of the molecule is CNCCC(=O)NCC(c1ccc(C(F)(F)F)cc1)N1CCOCC1. The summed E-state index contributed by atoms with van der Waals surface area (Å²) in [5.41, 5.74) is 0.0823. The molecule has 0 radical (unpaired) electrons. The number of hydrogen-bond acceptors (Lipinski definition) is 4. The zero-order chi connectivity index (χ0) is 18.3. The molecular formula is C17H24F3N3O2. The highest BCUT2D eigenvalue weighted by atomic mass is 19.4. The fourth-order valence-corrected chi connectivity index (χ4v) is 2.78. The highest BCUT2D eigenvalue weighted by Crippen LogP contribution is 2.31. The van der Waals surface area contributed by atoms with Gasteiger partial charge in [-0.25, -0.2) is 0 Å². The van der Waals surface area contributed by atoms with E-state index in [0.29, 0.717) is 45.8 Å². The number of carbonyl (C=O) groups is 1. The highest BCUT2D eigenvalue weighted by Gasteiger charge is 2.31. The van der Waals surface area contributed by atoms with Crippen molar-refractivity contribution >= 4 is 5.91 Å². The number of nitrogens with one attached hydrogen (secondary N) is 2. The highest BCUT2D eigenvalue weighted by molar-refractivity contribution is 5.76. The number of halogens is 3. The number of ether oxygens (including phenoxy) is 1. The van der Waals surface area contributed by atoms with Gasteiger partial charge in [0, 0.05) is 32.6 Å². The van der Waals surface area contributed by atoms with E-state index in [-0.39, 0.29) is 11.9 Å². The van der Waals surface area contributed by atoms with Crippen molar-refractivity contribution in [3.05, 3.63) is 35.4 Å². The Bertz CT molecular complexity index is 543. The zero-order valence-electron chi connectivity index (χ0n) is 14.2. The van der Waals surface area contributed by atoms with Crippen LogP contribution in [0.25, 0.3) is 0 Å². The van der Waals surface area contributed by atoms with Gasteiger partial charge in [-0.2, -0.15) is 13.2 Å². The Balaban J connectivity index is 2.09. The Morgan fingerprint density at radius 2 is 1.88 bits per heavy atom. The lowest BCUT2D eigenvalue weighted by atomic mass is 10.0. The maximum Gasteiger partial charge on any atom is 0.416 e. The molecule has 5 nitrogen and oxygen atoms in total. The molecule has 140 valence electrons. The fraction of sp³-hybridized carbons (Fsp3) is 0.588. The Morgan fingerprint density at radius 3 is 2.44 bits per heavy atom. The van der Waals surface area contributed by atoms with Crippen LogP contribution in [0.2, 0.25) is 0 Å². The van der Waals surface area contributed by atoms with E-state index in [4.69, 9.17) is 4.74 Å². The van der Waals surface area contributed by atoms with Crippen LogP contribution in [0.5, 0.6) is 0 Å². The van der Waals surface area contributed by atoms with E-state index >= 15 is 0 Å². The van der Waals surface area contributed by atoms with Crippen molar-refractivity contribution in [2.24, 2.45) is 0 Å². The van der Waals surface area contributed by atoms with E-state index < -0.39 is 11.7 Å². The lowest BCUT2D eigenvalue weighted by Gasteiger charge is -2.35. The monoisotopic (exact) mass is 359 g/mol. The summed E-state index contributed by atoms with van der Waals surface area (Å²) in [7, 11) is 1.77. The molecule has 1 aliphatic rings. The molecule has 8 heteroatoms. The zero-order valence-corrected chi connectivity index (χ0v) is 14.2. The predicted octanol–water partition coefficient (Wildman–Crippen LogP) is 1.80. The third-order valence-electron chi connectivity index (χ3n) is 4.20. The standard InChI is InChI=1S/C17H24F3N3O2/c1-21-7-6-16(24)22-12-15(23-8-10-25-11-9-23)13-2-4-14(5-3-13)17(18,19)20/h2-5,15,21H,6-12H2,1H3,(H,22,24). The molecule has 1 unspecified atom stereocenters. The van der Waals surface area contributed by atoms with E-state index in [9.17, 15) is 18.0 Å². The van der Waals surface area contributed by atoms with Crippen LogP contribution in [0.1, 0.15) is 23.6 Å². The molecule has 1 heterocycles. The minimum atomic E-state index is -4.35. The molecule has 0 spiro atoms. The van der Waals surface area contributed by atoms with Crippen molar-refractivity contribution in [2.45, 2.75) is 18.6 Å². The van der Waals surface area contributed by atoms with Crippen molar-refractivity contribution in [2.75, 3.05) is 46.4 Å². The number of alkyl halides is 3. The van der Waals surface area contributed by atoms with Gasteiger partial charge in [-0.15, -0.1) is 0 Å².